The lowest BCUT2D eigenvalue weighted by Gasteiger charge is -1.96. The Hall–Kier alpha value is -1.50. The molecule has 0 aliphatic carbocycles. The van der Waals surface area contributed by atoms with Crippen LogP contribution < -0.4 is 5.73 Å². The summed E-state index contributed by atoms with van der Waals surface area (Å²) in [4.78, 5) is 0. The summed E-state index contributed by atoms with van der Waals surface area (Å²) in [5.74, 6) is 0. The lowest BCUT2D eigenvalue weighted by atomic mass is 10.1. The van der Waals surface area contributed by atoms with Gasteiger partial charge in [0.25, 0.3) is 0 Å². The molecule has 2 aromatic carbocycles. The van der Waals surface area contributed by atoms with Crippen LogP contribution in [0.4, 0.5) is 5.69 Å². The van der Waals surface area contributed by atoms with Crippen molar-refractivity contribution in [3.8, 4) is 0 Å². The van der Waals surface area contributed by atoms with Gasteiger partial charge in [-0.1, -0.05) is 30.2 Å². The molecule has 0 atom stereocenters. The van der Waals surface area contributed by atoms with Gasteiger partial charge in [-0.2, -0.15) is 0 Å². The zero-order chi connectivity index (χ0) is 13.8. The molecule has 0 aromatic heterocycles. The Balaban J connectivity index is 3.22. The van der Waals surface area contributed by atoms with Crippen molar-refractivity contribution in [3.05, 3.63) is 42.3 Å². The van der Waals surface area contributed by atoms with Gasteiger partial charge in [0.05, 0.1) is 9.60 Å². The fourth-order valence-corrected chi connectivity index (χ4v) is 0.796. The van der Waals surface area contributed by atoms with Crippen LogP contribution in [0.5, 0.6) is 0 Å². The molecular weight excluding hydrogens is 134 g/mol. The minimum atomic E-state index is -0.482. The molecule has 0 amide bonds. The summed E-state index contributed by atoms with van der Waals surface area (Å²) in [5.41, 5.74) is 5.26. The maximum Gasteiger partial charge on any atom is 0.0651 e. The molecular formula is C10H9N. The molecule has 2 N–H and O–H groups in total. The molecule has 0 saturated heterocycles. The van der Waals surface area contributed by atoms with E-state index in [0.29, 0.717) is 0 Å². The van der Waals surface area contributed by atoms with Gasteiger partial charge < -0.3 is 5.73 Å². The first-order chi connectivity index (χ1) is 8.29. The second kappa shape index (κ2) is 2.27. The molecule has 0 bridgehead atoms. The summed E-state index contributed by atoms with van der Waals surface area (Å²) in [6, 6.07) is -2.89. The number of rotatable bonds is 0. The van der Waals surface area contributed by atoms with E-state index in [2.05, 4.69) is 0 Å². The largest absolute Gasteiger partial charge is 0.399 e. The fraction of sp³-hybridized carbons (Fsp3) is 0. The zero-order valence-electron chi connectivity index (χ0n) is 12.6. The lowest BCUT2D eigenvalue weighted by molar-refractivity contribution is 1.73. The summed E-state index contributed by atoms with van der Waals surface area (Å²) in [6.07, 6.45) is 0. The maximum absolute atomic E-state index is 7.75. The van der Waals surface area contributed by atoms with Gasteiger partial charge in [-0.05, 0) is 22.9 Å². The molecule has 0 aliphatic heterocycles. The van der Waals surface area contributed by atoms with Crippen LogP contribution in [0.15, 0.2) is 42.3 Å². The topological polar surface area (TPSA) is 26.0 Å². The first-order valence-electron chi connectivity index (χ1n) is 6.54. The molecule has 1 nitrogen and oxygen atoms in total. The summed E-state index contributed by atoms with van der Waals surface area (Å²) < 4.78 is 53.5. The maximum atomic E-state index is 7.75. The van der Waals surface area contributed by atoms with Crippen molar-refractivity contribution in [3.63, 3.8) is 0 Å². The van der Waals surface area contributed by atoms with Gasteiger partial charge in [0.15, 0.2) is 0 Å². The Morgan fingerprint density at radius 3 is 2.55 bits per heavy atom. The van der Waals surface area contributed by atoms with Gasteiger partial charge in [-0.3, -0.25) is 0 Å². The number of nitrogens with two attached hydrogens (primary N) is 1. The Morgan fingerprint density at radius 2 is 1.73 bits per heavy atom. The molecule has 0 fully saturated rings. The molecule has 54 valence electrons. The van der Waals surface area contributed by atoms with Gasteiger partial charge >= 0.3 is 0 Å². The molecule has 11 heavy (non-hydrogen) atoms. The van der Waals surface area contributed by atoms with Crippen molar-refractivity contribution in [1.29, 1.82) is 0 Å². The highest BCUT2D eigenvalue weighted by molar-refractivity contribution is 5.85. The first kappa shape index (κ1) is 2.24. The number of nitrogen functional groups attached to an aromatic ring is 1. The van der Waals surface area contributed by atoms with E-state index in [0.717, 1.165) is 0 Å². The molecule has 0 saturated carbocycles. The van der Waals surface area contributed by atoms with Crippen molar-refractivity contribution in [2.75, 3.05) is 5.73 Å². The van der Waals surface area contributed by atoms with E-state index in [1.807, 2.05) is 0 Å². The number of anilines is 1. The monoisotopic (exact) mass is 150 g/mol. The van der Waals surface area contributed by atoms with E-state index in [-0.39, 0.29) is 28.5 Å². The van der Waals surface area contributed by atoms with Crippen molar-refractivity contribution < 1.29 is 9.60 Å². The van der Waals surface area contributed by atoms with E-state index in [9.17, 15) is 0 Å². The van der Waals surface area contributed by atoms with Crippen LogP contribution in [-0.4, -0.2) is 0 Å². The highest BCUT2D eigenvalue weighted by Crippen LogP contribution is 2.15. The van der Waals surface area contributed by atoms with Gasteiger partial charge in [-0.15, -0.1) is 0 Å². The summed E-state index contributed by atoms with van der Waals surface area (Å²) in [6.45, 7) is 0. The van der Waals surface area contributed by atoms with Gasteiger partial charge in [0, 0.05) is 5.69 Å². The predicted octanol–water partition coefficient (Wildman–Crippen LogP) is 2.42. The van der Waals surface area contributed by atoms with Crippen molar-refractivity contribution in [2.45, 2.75) is 0 Å². The molecule has 0 aliphatic rings. The van der Waals surface area contributed by atoms with E-state index in [1.165, 1.54) is 0 Å². The summed E-state index contributed by atoms with van der Waals surface area (Å²) in [7, 11) is 0. The smallest absolute Gasteiger partial charge is 0.0651 e. The SMILES string of the molecule is [2H]c1c([2H])c([2H])c2c([2H])c(N)c([2H])c([2H])c2c1[2H]. The minimum absolute atomic E-state index is 0.112. The molecule has 2 rings (SSSR count). The van der Waals surface area contributed by atoms with Gasteiger partial charge in [-0.25, -0.2) is 0 Å². The molecule has 1 heteroatoms. The molecule has 0 spiro atoms. The Morgan fingerprint density at radius 1 is 1.00 bits per heavy atom. The third kappa shape index (κ3) is 1.05. The highest BCUT2D eigenvalue weighted by atomic mass is 14.5. The average molecular weight is 150 g/mol. The van der Waals surface area contributed by atoms with Crippen LogP contribution in [0.3, 0.4) is 0 Å². The third-order valence-electron chi connectivity index (χ3n) is 1.27. The third-order valence-corrected chi connectivity index (χ3v) is 1.27. The zero-order valence-corrected chi connectivity index (χ0v) is 5.58. The quantitative estimate of drug-likeness (QED) is 0.573. The molecule has 0 radical (unpaired) electrons. The summed E-state index contributed by atoms with van der Waals surface area (Å²) in [5, 5.41) is -0.246. The summed E-state index contributed by atoms with van der Waals surface area (Å²) >= 11 is 0. The van der Waals surface area contributed by atoms with Crippen LogP contribution in [0.25, 0.3) is 10.8 Å². The molecule has 0 unspecified atom stereocenters. The standard InChI is InChI=1S/C10H9N/c11-10-6-5-8-3-1-2-4-9(8)7-10/h1-7H,11H2/i1D,2D,3D,4D,5D,6D,7D. The second-order valence-corrected chi connectivity index (χ2v) is 2.04. The van der Waals surface area contributed by atoms with Crippen molar-refractivity contribution in [1.82, 2.24) is 0 Å². The van der Waals surface area contributed by atoms with Crippen LogP contribution in [-0.2, 0) is 0 Å². The number of hydrogen-bond donors (Lipinski definition) is 1. The Labute approximate surface area is 75.3 Å². The Bertz CT molecular complexity index is 567. The normalized spacial score (nSPS) is 19.1. The molecule has 2 aromatic rings. The average Bonchev–Trinajstić information content (AvgIpc) is 2.35. The van der Waals surface area contributed by atoms with Gasteiger partial charge in [0.1, 0.15) is 0 Å². The molecule has 0 heterocycles. The Kier molecular flexibility index (Phi) is 0.463. The fourth-order valence-electron chi connectivity index (χ4n) is 0.796. The van der Waals surface area contributed by atoms with Crippen LogP contribution in [0.2, 0.25) is 0 Å². The first-order valence-corrected chi connectivity index (χ1v) is 3.04. The number of hydrogen-bond acceptors (Lipinski definition) is 1. The van der Waals surface area contributed by atoms with Crippen LogP contribution in [0, 0.1) is 0 Å². The lowest BCUT2D eigenvalue weighted by Crippen LogP contribution is -1.82. The second-order valence-electron chi connectivity index (χ2n) is 2.04. The number of fused-ring (bicyclic) bond motifs is 1. The predicted molar refractivity (Wildman–Crippen MR) is 48.4 cm³/mol. The number of benzene rings is 2. The van der Waals surface area contributed by atoms with E-state index >= 15 is 0 Å². The van der Waals surface area contributed by atoms with Crippen molar-refractivity contribution in [2.24, 2.45) is 0 Å². The van der Waals surface area contributed by atoms with Crippen LogP contribution >= 0.6 is 0 Å². The van der Waals surface area contributed by atoms with E-state index < -0.39 is 30.2 Å². The van der Waals surface area contributed by atoms with Crippen molar-refractivity contribution >= 4 is 16.5 Å². The van der Waals surface area contributed by atoms with Crippen LogP contribution in [0.1, 0.15) is 9.60 Å². The highest BCUT2D eigenvalue weighted by Gasteiger charge is 1.89. The minimum Gasteiger partial charge on any atom is -0.399 e. The van der Waals surface area contributed by atoms with E-state index in [4.69, 9.17) is 15.3 Å². The van der Waals surface area contributed by atoms with E-state index in [1.54, 1.807) is 0 Å². The van der Waals surface area contributed by atoms with Gasteiger partial charge in [0.2, 0.25) is 0 Å².